The van der Waals surface area contributed by atoms with E-state index in [0.717, 1.165) is 5.56 Å². The molecule has 5 nitrogen and oxygen atoms in total. The lowest BCUT2D eigenvalue weighted by molar-refractivity contribution is 0.0969. The second-order valence-corrected chi connectivity index (χ2v) is 7.11. The zero-order chi connectivity index (χ0) is 14.4. The van der Waals surface area contributed by atoms with Crippen LogP contribution in [0.1, 0.15) is 18.4 Å². The molecule has 0 aromatic heterocycles. The third kappa shape index (κ3) is 3.79. The summed E-state index contributed by atoms with van der Waals surface area (Å²) in [5, 5.41) is 8.75. The van der Waals surface area contributed by atoms with Gasteiger partial charge in [0.25, 0.3) is 0 Å². The fraction of sp³-hybridized carbons (Fsp3) is 0.571. The lowest BCUT2D eigenvalue weighted by atomic mass is 10.2. The van der Waals surface area contributed by atoms with Gasteiger partial charge in [-0.15, -0.1) is 0 Å². The van der Waals surface area contributed by atoms with Crippen molar-refractivity contribution in [2.24, 2.45) is 0 Å². The molecule has 112 valence electrons. The summed E-state index contributed by atoms with van der Waals surface area (Å²) in [7, 11) is -3.39. The van der Waals surface area contributed by atoms with E-state index in [1.54, 1.807) is 0 Å². The summed E-state index contributed by atoms with van der Waals surface area (Å²) in [5.41, 5.74) is 0.927. The highest BCUT2D eigenvalue weighted by Crippen LogP contribution is 2.21. The van der Waals surface area contributed by atoms with Gasteiger partial charge < -0.3 is 9.84 Å². The van der Waals surface area contributed by atoms with Crippen molar-refractivity contribution in [3.8, 4) is 0 Å². The molecule has 0 atom stereocenters. The third-order valence-corrected chi connectivity index (χ3v) is 5.85. The van der Waals surface area contributed by atoms with Crippen LogP contribution in [0.2, 0.25) is 0 Å². The van der Waals surface area contributed by atoms with E-state index in [1.165, 1.54) is 4.31 Å². The molecule has 0 radical (unpaired) electrons. The second-order valence-electron chi connectivity index (χ2n) is 4.90. The average Bonchev–Trinajstić information content (AvgIpc) is 2.49. The van der Waals surface area contributed by atoms with Gasteiger partial charge in [-0.2, -0.15) is 4.31 Å². The summed E-state index contributed by atoms with van der Waals surface area (Å²) in [6.45, 7) is 1.25. The lowest BCUT2D eigenvalue weighted by Gasteiger charge is -2.29. The molecule has 2 rings (SSSR count). The van der Waals surface area contributed by atoms with Gasteiger partial charge in [-0.3, -0.25) is 0 Å². The fourth-order valence-electron chi connectivity index (χ4n) is 2.38. The highest BCUT2D eigenvalue weighted by molar-refractivity contribution is 7.89. The normalized spacial score (nSPS) is 17.5. The molecule has 1 fully saturated rings. The van der Waals surface area contributed by atoms with E-state index in [2.05, 4.69) is 0 Å². The molecule has 1 saturated heterocycles. The molecule has 0 bridgehead atoms. The smallest absolute Gasteiger partial charge is 0.217 e. The first-order valence-corrected chi connectivity index (χ1v) is 8.36. The maximum atomic E-state index is 12.6. The molecular weight excluding hydrogens is 278 g/mol. The molecule has 1 heterocycles. The van der Waals surface area contributed by atoms with Crippen molar-refractivity contribution in [1.82, 2.24) is 4.31 Å². The van der Waals surface area contributed by atoms with Crippen molar-refractivity contribution in [3.63, 3.8) is 0 Å². The molecule has 1 N–H and O–H groups in total. The Labute approximate surface area is 120 Å². The Kier molecular flexibility index (Phi) is 5.54. The molecule has 6 heteroatoms. The van der Waals surface area contributed by atoms with Crippen LogP contribution in [0.3, 0.4) is 0 Å². The maximum Gasteiger partial charge on any atom is 0.217 e. The van der Waals surface area contributed by atoms with E-state index in [1.807, 2.05) is 30.3 Å². The molecule has 0 unspecified atom stereocenters. The average molecular weight is 299 g/mol. The van der Waals surface area contributed by atoms with Crippen LogP contribution in [0.5, 0.6) is 0 Å². The molecule has 0 amide bonds. The van der Waals surface area contributed by atoms with Gasteiger partial charge in [-0.25, -0.2) is 8.42 Å². The maximum absolute atomic E-state index is 12.6. The molecule has 0 saturated carbocycles. The molecule has 1 aromatic rings. The van der Waals surface area contributed by atoms with Gasteiger partial charge in [0, 0.05) is 26.3 Å². The number of benzene rings is 1. The van der Waals surface area contributed by atoms with Crippen LogP contribution in [-0.4, -0.2) is 49.4 Å². The first-order valence-electron chi connectivity index (χ1n) is 6.86. The summed E-state index contributed by atoms with van der Waals surface area (Å²) in [4.78, 5) is 0. The van der Waals surface area contributed by atoms with Crippen molar-refractivity contribution in [2.75, 3.05) is 26.4 Å². The van der Waals surface area contributed by atoms with E-state index in [4.69, 9.17) is 9.84 Å². The number of sulfonamides is 1. The quantitative estimate of drug-likeness (QED) is 0.850. The minimum Gasteiger partial charge on any atom is -0.395 e. The Morgan fingerprint density at radius 2 is 1.85 bits per heavy atom. The highest BCUT2D eigenvalue weighted by atomic mass is 32.2. The van der Waals surface area contributed by atoms with Crippen LogP contribution < -0.4 is 0 Å². The summed E-state index contributed by atoms with van der Waals surface area (Å²) in [6, 6.07) is 9.45. The number of aliphatic hydroxyl groups is 1. The van der Waals surface area contributed by atoms with Gasteiger partial charge in [-0.1, -0.05) is 30.3 Å². The first-order chi connectivity index (χ1) is 9.64. The molecule has 0 aliphatic carbocycles. The largest absolute Gasteiger partial charge is 0.395 e. The number of hydrogen-bond acceptors (Lipinski definition) is 4. The zero-order valence-corrected chi connectivity index (χ0v) is 12.3. The predicted molar refractivity (Wildman–Crippen MR) is 76.7 cm³/mol. The lowest BCUT2D eigenvalue weighted by Crippen LogP contribution is -2.42. The van der Waals surface area contributed by atoms with Crippen molar-refractivity contribution < 1.29 is 18.3 Å². The number of nitrogens with zero attached hydrogens (tertiary/aromatic N) is 1. The molecule has 1 aromatic carbocycles. The van der Waals surface area contributed by atoms with Gasteiger partial charge in [-0.05, 0) is 18.4 Å². The number of hydrogen-bond donors (Lipinski definition) is 1. The molecular formula is C14H21NO4S. The first kappa shape index (κ1) is 15.4. The van der Waals surface area contributed by atoms with Gasteiger partial charge in [0.2, 0.25) is 10.0 Å². The summed E-state index contributed by atoms with van der Waals surface area (Å²) in [6.07, 6.45) is 1.05. The Morgan fingerprint density at radius 3 is 2.45 bits per heavy atom. The summed E-state index contributed by atoms with van der Waals surface area (Å²) >= 11 is 0. The van der Waals surface area contributed by atoms with Crippen molar-refractivity contribution in [2.45, 2.75) is 24.6 Å². The summed E-state index contributed by atoms with van der Waals surface area (Å²) in [5.74, 6) is 0. The summed E-state index contributed by atoms with van der Waals surface area (Å²) < 4.78 is 31.9. The minimum absolute atomic E-state index is 0.134. The third-order valence-electron chi connectivity index (χ3n) is 3.50. The van der Waals surface area contributed by atoms with Crippen LogP contribution in [0.15, 0.2) is 30.3 Å². The van der Waals surface area contributed by atoms with Gasteiger partial charge in [0.05, 0.1) is 11.9 Å². The van der Waals surface area contributed by atoms with Gasteiger partial charge in [0.1, 0.15) is 0 Å². The highest BCUT2D eigenvalue weighted by Gasteiger charge is 2.33. The zero-order valence-electron chi connectivity index (χ0n) is 11.4. The fourth-order valence-corrected chi connectivity index (χ4v) is 4.25. The molecule has 0 spiro atoms. The van der Waals surface area contributed by atoms with E-state index in [0.29, 0.717) is 32.6 Å². The van der Waals surface area contributed by atoms with Crippen LogP contribution in [0, 0.1) is 0 Å². The van der Waals surface area contributed by atoms with E-state index < -0.39 is 15.3 Å². The van der Waals surface area contributed by atoms with Crippen LogP contribution in [-0.2, 0) is 21.3 Å². The van der Waals surface area contributed by atoms with Crippen molar-refractivity contribution in [1.29, 1.82) is 0 Å². The van der Waals surface area contributed by atoms with Crippen LogP contribution in [0.25, 0.3) is 0 Å². The SMILES string of the molecule is O=S(=O)(C1CCOCC1)N(CCO)Cc1ccccc1. The Bertz CT molecular complexity index is 497. The molecule has 1 aliphatic heterocycles. The topological polar surface area (TPSA) is 66.8 Å². The van der Waals surface area contributed by atoms with Crippen molar-refractivity contribution in [3.05, 3.63) is 35.9 Å². The van der Waals surface area contributed by atoms with E-state index >= 15 is 0 Å². The standard InChI is InChI=1S/C14H21NO4S/c16-9-8-15(12-13-4-2-1-3-5-13)20(17,18)14-6-10-19-11-7-14/h1-5,14,16H,6-12H2. The molecule has 20 heavy (non-hydrogen) atoms. The second kappa shape index (κ2) is 7.17. The Morgan fingerprint density at radius 1 is 1.20 bits per heavy atom. The van der Waals surface area contributed by atoms with E-state index in [-0.39, 0.29) is 13.2 Å². The Hall–Kier alpha value is -0.950. The van der Waals surface area contributed by atoms with Gasteiger partial charge in [0.15, 0.2) is 0 Å². The predicted octanol–water partition coefficient (Wildman–Crippen LogP) is 0.990. The van der Waals surface area contributed by atoms with Crippen molar-refractivity contribution >= 4 is 10.0 Å². The Balaban J connectivity index is 2.14. The van der Waals surface area contributed by atoms with Crippen LogP contribution in [0.4, 0.5) is 0 Å². The minimum atomic E-state index is -3.39. The van der Waals surface area contributed by atoms with Crippen LogP contribution >= 0.6 is 0 Å². The number of ether oxygens (including phenoxy) is 1. The number of rotatable bonds is 6. The van der Waals surface area contributed by atoms with E-state index in [9.17, 15) is 8.42 Å². The monoisotopic (exact) mass is 299 g/mol. The number of aliphatic hydroxyl groups excluding tert-OH is 1. The van der Waals surface area contributed by atoms with Gasteiger partial charge >= 0.3 is 0 Å². The molecule has 1 aliphatic rings.